The molecular weight excluding hydrogens is 790 g/mol. The standard InChI is InChI=1S/C59H36ClNO2/c60-54-23-12-22-52-58(54)63-56-32-31-43(36-53(56)59(52)50-20-9-6-17-45(50)46-18-7-10-21-51(46)59)61(42-30-29-38-15-4-5-16-41(38)33-42)44-34-48(57-49(35-44)47-19-8-11-24-55(47)62-57)40-27-25-39(26-28-40)37-13-2-1-3-14-37/h1-36H. The zero-order chi connectivity index (χ0) is 41.6. The minimum Gasteiger partial charge on any atom is -0.455 e. The average Bonchev–Trinajstić information content (AvgIpc) is 3.86. The Morgan fingerprint density at radius 1 is 0.397 bits per heavy atom. The van der Waals surface area contributed by atoms with Gasteiger partial charge in [-0.15, -0.1) is 0 Å². The van der Waals surface area contributed by atoms with Gasteiger partial charge in [0.05, 0.1) is 10.4 Å². The fourth-order valence-electron chi connectivity index (χ4n) is 10.4. The van der Waals surface area contributed by atoms with Crippen LogP contribution in [-0.2, 0) is 5.41 Å². The molecule has 0 saturated carbocycles. The monoisotopic (exact) mass is 825 g/mol. The van der Waals surface area contributed by atoms with E-state index in [1.807, 2.05) is 18.2 Å². The fourth-order valence-corrected chi connectivity index (χ4v) is 10.6. The van der Waals surface area contributed by atoms with E-state index in [1.165, 1.54) is 33.2 Å². The lowest BCUT2D eigenvalue weighted by molar-refractivity contribution is 0.436. The van der Waals surface area contributed by atoms with Gasteiger partial charge in [-0.3, -0.25) is 0 Å². The van der Waals surface area contributed by atoms with E-state index in [1.54, 1.807) is 0 Å². The van der Waals surface area contributed by atoms with E-state index in [-0.39, 0.29) is 0 Å². The van der Waals surface area contributed by atoms with Crippen molar-refractivity contribution >= 4 is 61.4 Å². The lowest BCUT2D eigenvalue weighted by atomic mass is 9.66. The van der Waals surface area contributed by atoms with Crippen LogP contribution in [0.5, 0.6) is 11.5 Å². The first-order chi connectivity index (χ1) is 31.1. The van der Waals surface area contributed by atoms with Gasteiger partial charge in [0.1, 0.15) is 16.9 Å². The molecule has 1 spiro atoms. The molecule has 0 bridgehead atoms. The van der Waals surface area contributed by atoms with E-state index in [9.17, 15) is 0 Å². The molecule has 11 aromatic rings. The summed E-state index contributed by atoms with van der Waals surface area (Å²) in [6.07, 6.45) is 0. The first-order valence-corrected chi connectivity index (χ1v) is 21.7. The van der Waals surface area contributed by atoms with Crippen LogP contribution < -0.4 is 9.64 Å². The van der Waals surface area contributed by atoms with E-state index in [2.05, 4.69) is 205 Å². The van der Waals surface area contributed by atoms with Gasteiger partial charge in [-0.2, -0.15) is 0 Å². The first kappa shape index (κ1) is 35.9. The molecule has 1 aromatic heterocycles. The molecule has 0 radical (unpaired) electrons. The number of fused-ring (bicyclic) bond motifs is 13. The van der Waals surface area contributed by atoms with Gasteiger partial charge in [-0.05, 0) is 104 Å². The van der Waals surface area contributed by atoms with Crippen molar-refractivity contribution in [1.82, 2.24) is 0 Å². The molecule has 63 heavy (non-hydrogen) atoms. The fraction of sp³-hybridized carbons (Fsp3) is 0.0169. The molecule has 1 aliphatic heterocycles. The first-order valence-electron chi connectivity index (χ1n) is 21.3. The smallest absolute Gasteiger partial charge is 0.150 e. The SMILES string of the molecule is Clc1cccc2c1Oc1ccc(N(c3ccc4ccccc4c3)c3cc(-c4ccc(-c5ccccc5)cc4)c4oc5ccccc5c4c3)cc1C21c2ccccc2-c2ccccc21. The highest BCUT2D eigenvalue weighted by atomic mass is 35.5. The van der Waals surface area contributed by atoms with E-state index in [0.29, 0.717) is 10.8 Å². The van der Waals surface area contributed by atoms with E-state index in [4.69, 9.17) is 20.8 Å². The van der Waals surface area contributed by atoms with Crippen molar-refractivity contribution in [3.05, 3.63) is 246 Å². The Bertz CT molecular complexity index is 3580. The van der Waals surface area contributed by atoms with E-state index in [0.717, 1.165) is 78.0 Å². The maximum absolute atomic E-state index is 7.06. The minimum atomic E-state index is -0.692. The minimum absolute atomic E-state index is 0.589. The number of furan rings is 1. The Hall–Kier alpha value is -7.85. The summed E-state index contributed by atoms with van der Waals surface area (Å²) in [6.45, 7) is 0. The van der Waals surface area contributed by atoms with Crippen LogP contribution in [0.1, 0.15) is 22.3 Å². The second-order valence-electron chi connectivity index (χ2n) is 16.5. The summed E-state index contributed by atoms with van der Waals surface area (Å²) in [6, 6.07) is 78.0. The molecule has 296 valence electrons. The molecular formula is C59H36ClNO2. The molecule has 2 aliphatic rings. The Morgan fingerprint density at radius 2 is 1.03 bits per heavy atom. The number of hydrogen-bond donors (Lipinski definition) is 0. The second-order valence-corrected chi connectivity index (χ2v) is 16.9. The Balaban J connectivity index is 1.09. The van der Waals surface area contributed by atoms with Crippen molar-refractivity contribution < 1.29 is 9.15 Å². The summed E-state index contributed by atoms with van der Waals surface area (Å²) >= 11 is 7.06. The largest absolute Gasteiger partial charge is 0.455 e. The Kier molecular flexibility index (Phi) is 7.88. The van der Waals surface area contributed by atoms with Crippen LogP contribution in [0.2, 0.25) is 5.02 Å². The van der Waals surface area contributed by atoms with Gasteiger partial charge in [0.2, 0.25) is 0 Å². The van der Waals surface area contributed by atoms with Gasteiger partial charge in [0.15, 0.2) is 5.75 Å². The molecule has 0 atom stereocenters. The average molecular weight is 826 g/mol. The number of halogens is 1. The van der Waals surface area contributed by atoms with Crippen molar-refractivity contribution in [2.24, 2.45) is 0 Å². The van der Waals surface area contributed by atoms with Crippen LogP contribution in [-0.4, -0.2) is 0 Å². The van der Waals surface area contributed by atoms with Crippen molar-refractivity contribution in [1.29, 1.82) is 0 Å². The Morgan fingerprint density at radius 3 is 1.84 bits per heavy atom. The summed E-state index contributed by atoms with van der Waals surface area (Å²) in [4.78, 5) is 2.39. The third kappa shape index (κ3) is 5.33. The van der Waals surface area contributed by atoms with Crippen LogP contribution in [0, 0.1) is 0 Å². The number of anilines is 3. The zero-order valence-electron chi connectivity index (χ0n) is 33.9. The van der Waals surface area contributed by atoms with Gasteiger partial charge in [0.25, 0.3) is 0 Å². The lowest BCUT2D eigenvalue weighted by Crippen LogP contribution is -2.32. The number of rotatable bonds is 5. The summed E-state index contributed by atoms with van der Waals surface area (Å²) in [7, 11) is 0. The van der Waals surface area contributed by atoms with Gasteiger partial charge in [-0.25, -0.2) is 0 Å². The molecule has 0 saturated heterocycles. The Labute approximate surface area is 369 Å². The molecule has 0 amide bonds. The van der Waals surface area contributed by atoms with Crippen LogP contribution in [0.15, 0.2) is 223 Å². The molecule has 2 heterocycles. The van der Waals surface area contributed by atoms with Gasteiger partial charge in [0, 0.05) is 44.5 Å². The highest BCUT2D eigenvalue weighted by Crippen LogP contribution is 2.63. The molecule has 0 fully saturated rings. The molecule has 0 N–H and O–H groups in total. The summed E-state index contributed by atoms with van der Waals surface area (Å²) < 4.78 is 13.6. The topological polar surface area (TPSA) is 25.6 Å². The van der Waals surface area contributed by atoms with Gasteiger partial charge < -0.3 is 14.1 Å². The van der Waals surface area contributed by atoms with Crippen molar-refractivity contribution in [3.8, 4) is 44.9 Å². The lowest BCUT2D eigenvalue weighted by Gasteiger charge is -2.40. The van der Waals surface area contributed by atoms with Crippen molar-refractivity contribution in [3.63, 3.8) is 0 Å². The van der Waals surface area contributed by atoms with Crippen LogP contribution in [0.3, 0.4) is 0 Å². The highest BCUT2D eigenvalue weighted by molar-refractivity contribution is 6.32. The van der Waals surface area contributed by atoms with E-state index >= 15 is 0 Å². The third-order valence-electron chi connectivity index (χ3n) is 13.2. The maximum atomic E-state index is 7.06. The van der Waals surface area contributed by atoms with Crippen LogP contribution in [0.4, 0.5) is 17.1 Å². The van der Waals surface area contributed by atoms with E-state index < -0.39 is 5.41 Å². The summed E-state index contributed by atoms with van der Waals surface area (Å²) in [5, 5.41) is 5.05. The predicted octanol–water partition coefficient (Wildman–Crippen LogP) is 16.7. The molecule has 10 aromatic carbocycles. The summed E-state index contributed by atoms with van der Waals surface area (Å²) in [5.74, 6) is 1.47. The maximum Gasteiger partial charge on any atom is 0.150 e. The van der Waals surface area contributed by atoms with Crippen LogP contribution >= 0.6 is 11.6 Å². The quantitative estimate of drug-likeness (QED) is 0.173. The highest BCUT2D eigenvalue weighted by Gasteiger charge is 2.51. The number of hydrogen-bond acceptors (Lipinski definition) is 3. The molecule has 4 heteroatoms. The predicted molar refractivity (Wildman–Crippen MR) is 259 cm³/mol. The molecule has 0 unspecified atom stereocenters. The number of para-hydroxylation sites is 2. The normalized spacial score (nSPS) is 13.1. The zero-order valence-corrected chi connectivity index (χ0v) is 34.7. The number of benzene rings is 10. The van der Waals surface area contributed by atoms with Crippen molar-refractivity contribution in [2.75, 3.05) is 4.90 Å². The van der Waals surface area contributed by atoms with Crippen molar-refractivity contribution in [2.45, 2.75) is 5.41 Å². The number of nitrogens with zero attached hydrogens (tertiary/aromatic N) is 1. The molecule has 3 nitrogen and oxygen atoms in total. The van der Waals surface area contributed by atoms with Gasteiger partial charge >= 0.3 is 0 Å². The van der Waals surface area contributed by atoms with Gasteiger partial charge in [-0.1, -0.05) is 175 Å². The second kappa shape index (κ2) is 13.8. The third-order valence-corrected chi connectivity index (χ3v) is 13.5. The summed E-state index contributed by atoms with van der Waals surface area (Å²) in [5.41, 5.74) is 15.4. The number of ether oxygens (including phenoxy) is 1. The molecule has 13 rings (SSSR count). The van der Waals surface area contributed by atoms with Crippen LogP contribution in [0.25, 0.3) is 66.1 Å². The molecule has 1 aliphatic carbocycles.